The lowest BCUT2D eigenvalue weighted by atomic mass is 10.1. The van der Waals surface area contributed by atoms with Crippen molar-refractivity contribution in [2.75, 3.05) is 25.0 Å². The van der Waals surface area contributed by atoms with E-state index < -0.39 is 0 Å². The normalized spacial score (nSPS) is 14.9. The Morgan fingerprint density at radius 2 is 1.78 bits per heavy atom. The zero-order chi connectivity index (χ0) is 19.1. The Kier molecular flexibility index (Phi) is 6.14. The van der Waals surface area contributed by atoms with Gasteiger partial charge in [0.05, 0.1) is 0 Å². The van der Waals surface area contributed by atoms with Crippen LogP contribution < -0.4 is 15.5 Å². The van der Waals surface area contributed by atoms with E-state index in [-0.39, 0.29) is 17.9 Å². The maximum absolute atomic E-state index is 12.2. The number of hydrogen-bond donors (Lipinski definition) is 2. The van der Waals surface area contributed by atoms with E-state index in [0.29, 0.717) is 5.56 Å². The summed E-state index contributed by atoms with van der Waals surface area (Å²) in [7, 11) is 1.60. The molecule has 2 heterocycles. The number of rotatable bonds is 5. The first-order valence-electron chi connectivity index (χ1n) is 8.98. The van der Waals surface area contributed by atoms with E-state index in [4.69, 9.17) is 0 Å². The van der Waals surface area contributed by atoms with Crippen molar-refractivity contribution in [2.45, 2.75) is 18.9 Å². The highest BCUT2D eigenvalue weighted by atomic mass is 16.2. The quantitative estimate of drug-likeness (QED) is 0.787. The van der Waals surface area contributed by atoms with Gasteiger partial charge in [-0.3, -0.25) is 9.59 Å². The maximum atomic E-state index is 12.2. The van der Waals surface area contributed by atoms with Crippen LogP contribution in [0.5, 0.6) is 0 Å². The smallest absolute Gasteiger partial charge is 0.251 e. The number of nitrogens with one attached hydrogen (secondary N) is 2. The molecular weight excluding hydrogens is 342 g/mol. The van der Waals surface area contributed by atoms with E-state index in [1.165, 1.54) is 6.08 Å². The zero-order valence-electron chi connectivity index (χ0n) is 15.3. The van der Waals surface area contributed by atoms with Gasteiger partial charge in [-0.1, -0.05) is 12.1 Å². The van der Waals surface area contributed by atoms with E-state index in [1.54, 1.807) is 43.7 Å². The second-order valence-electron chi connectivity index (χ2n) is 6.35. The molecule has 1 aromatic heterocycles. The van der Waals surface area contributed by atoms with Gasteiger partial charge in [-0.15, -0.1) is 0 Å². The fourth-order valence-corrected chi connectivity index (χ4v) is 2.99. The first kappa shape index (κ1) is 18.6. The van der Waals surface area contributed by atoms with Gasteiger partial charge in [0.1, 0.15) is 0 Å². The average Bonchev–Trinajstić information content (AvgIpc) is 2.73. The van der Waals surface area contributed by atoms with Crippen LogP contribution in [0.25, 0.3) is 6.08 Å². The van der Waals surface area contributed by atoms with Gasteiger partial charge in [-0.25, -0.2) is 9.97 Å². The minimum atomic E-state index is -0.129. The largest absolute Gasteiger partial charge is 0.355 e. The number of piperidine rings is 1. The summed E-state index contributed by atoms with van der Waals surface area (Å²) in [5.41, 5.74) is 1.46. The van der Waals surface area contributed by atoms with E-state index in [1.807, 2.05) is 12.1 Å². The van der Waals surface area contributed by atoms with Crippen LogP contribution in [0.2, 0.25) is 0 Å². The summed E-state index contributed by atoms with van der Waals surface area (Å²) in [5.74, 6) is 0.498. The second kappa shape index (κ2) is 8.93. The van der Waals surface area contributed by atoms with Crippen molar-refractivity contribution in [3.8, 4) is 0 Å². The minimum Gasteiger partial charge on any atom is -0.355 e. The molecule has 1 aliphatic rings. The van der Waals surface area contributed by atoms with Gasteiger partial charge < -0.3 is 15.5 Å². The van der Waals surface area contributed by atoms with Crippen LogP contribution in [0.15, 0.2) is 48.8 Å². The summed E-state index contributed by atoms with van der Waals surface area (Å²) in [6.07, 6.45) is 8.47. The Bertz CT molecular complexity index is 797. The molecule has 0 aliphatic carbocycles. The molecule has 3 rings (SSSR count). The average molecular weight is 365 g/mol. The lowest BCUT2D eigenvalue weighted by Crippen LogP contribution is -2.44. The number of hydrogen-bond acceptors (Lipinski definition) is 5. The topological polar surface area (TPSA) is 87.2 Å². The first-order chi connectivity index (χ1) is 13.2. The third-order valence-corrected chi connectivity index (χ3v) is 4.50. The summed E-state index contributed by atoms with van der Waals surface area (Å²) >= 11 is 0. The first-order valence-corrected chi connectivity index (χ1v) is 8.98. The molecular formula is C20H23N5O2. The monoisotopic (exact) mass is 365 g/mol. The molecule has 0 radical (unpaired) electrons. The van der Waals surface area contributed by atoms with Gasteiger partial charge in [0.15, 0.2) is 0 Å². The molecule has 1 aliphatic heterocycles. The second-order valence-corrected chi connectivity index (χ2v) is 6.35. The predicted molar refractivity (Wildman–Crippen MR) is 104 cm³/mol. The molecule has 2 N–H and O–H groups in total. The molecule has 7 nitrogen and oxygen atoms in total. The molecule has 7 heteroatoms. The van der Waals surface area contributed by atoms with Crippen LogP contribution >= 0.6 is 0 Å². The Morgan fingerprint density at radius 3 is 2.41 bits per heavy atom. The summed E-state index contributed by atoms with van der Waals surface area (Å²) in [4.78, 5) is 34.3. The molecule has 1 saturated heterocycles. The number of nitrogens with zero attached hydrogens (tertiary/aromatic N) is 3. The predicted octanol–water partition coefficient (Wildman–Crippen LogP) is 1.63. The Morgan fingerprint density at radius 1 is 1.11 bits per heavy atom. The molecule has 0 saturated carbocycles. The molecule has 140 valence electrons. The van der Waals surface area contributed by atoms with Crippen molar-refractivity contribution in [1.82, 2.24) is 20.6 Å². The summed E-state index contributed by atoms with van der Waals surface area (Å²) in [5, 5.41) is 5.62. The van der Waals surface area contributed by atoms with E-state index >= 15 is 0 Å². The van der Waals surface area contributed by atoms with Crippen molar-refractivity contribution in [3.63, 3.8) is 0 Å². The fourth-order valence-electron chi connectivity index (χ4n) is 2.99. The summed E-state index contributed by atoms with van der Waals surface area (Å²) in [6.45, 7) is 1.64. The number of aromatic nitrogens is 2. The number of carbonyl (C=O) groups is 2. The third-order valence-electron chi connectivity index (χ3n) is 4.50. The molecule has 1 fully saturated rings. The van der Waals surface area contributed by atoms with Gasteiger partial charge in [0, 0.05) is 50.2 Å². The van der Waals surface area contributed by atoms with Gasteiger partial charge >= 0.3 is 0 Å². The van der Waals surface area contributed by atoms with Crippen LogP contribution in [0, 0.1) is 0 Å². The Labute approximate surface area is 158 Å². The van der Waals surface area contributed by atoms with E-state index in [9.17, 15) is 9.59 Å². The van der Waals surface area contributed by atoms with Crippen molar-refractivity contribution in [3.05, 3.63) is 59.9 Å². The van der Waals surface area contributed by atoms with Crippen LogP contribution in [-0.2, 0) is 4.79 Å². The van der Waals surface area contributed by atoms with Crippen LogP contribution in [-0.4, -0.2) is 48.0 Å². The lowest BCUT2D eigenvalue weighted by molar-refractivity contribution is -0.117. The summed E-state index contributed by atoms with van der Waals surface area (Å²) < 4.78 is 0. The third kappa shape index (κ3) is 5.13. The number of benzene rings is 1. The highest BCUT2D eigenvalue weighted by Gasteiger charge is 2.21. The van der Waals surface area contributed by atoms with Crippen LogP contribution in [0.4, 0.5) is 5.95 Å². The highest BCUT2D eigenvalue weighted by molar-refractivity contribution is 5.94. The van der Waals surface area contributed by atoms with Crippen LogP contribution in [0.3, 0.4) is 0 Å². The molecule has 0 bridgehead atoms. The standard InChI is InChI=1S/C20H23N5O2/c1-21-19(27)16-6-3-15(4-7-16)5-8-18(26)24-17-9-13-25(14-10-17)20-22-11-2-12-23-20/h2-8,11-12,17H,9-10,13-14H2,1H3,(H,21,27)(H,24,26)/b8-5+. The van der Waals surface area contributed by atoms with E-state index in [0.717, 1.165) is 37.4 Å². The number of anilines is 1. The number of carbonyl (C=O) groups excluding carboxylic acids is 2. The SMILES string of the molecule is CNC(=O)c1ccc(/C=C/C(=O)NC2CCN(c3ncccn3)CC2)cc1. The van der Waals surface area contributed by atoms with Gasteiger partial charge in [0.25, 0.3) is 5.91 Å². The minimum absolute atomic E-state index is 0.111. The molecule has 27 heavy (non-hydrogen) atoms. The lowest BCUT2D eigenvalue weighted by Gasteiger charge is -2.32. The molecule has 2 amide bonds. The van der Waals surface area contributed by atoms with E-state index in [2.05, 4.69) is 25.5 Å². The Hall–Kier alpha value is -3.22. The molecule has 2 aromatic rings. The molecule has 0 spiro atoms. The van der Waals surface area contributed by atoms with Crippen molar-refractivity contribution >= 4 is 23.8 Å². The van der Waals surface area contributed by atoms with Crippen LogP contribution in [0.1, 0.15) is 28.8 Å². The molecule has 0 atom stereocenters. The fraction of sp³-hybridized carbons (Fsp3) is 0.300. The summed E-state index contributed by atoms with van der Waals surface area (Å²) in [6, 6.07) is 9.04. The molecule has 1 aromatic carbocycles. The maximum Gasteiger partial charge on any atom is 0.251 e. The highest BCUT2D eigenvalue weighted by Crippen LogP contribution is 2.15. The number of amides is 2. The molecule has 0 unspecified atom stereocenters. The zero-order valence-corrected chi connectivity index (χ0v) is 15.3. The van der Waals surface area contributed by atoms with Gasteiger partial charge in [0.2, 0.25) is 11.9 Å². The Balaban J connectivity index is 1.47. The van der Waals surface area contributed by atoms with Crippen molar-refractivity contribution < 1.29 is 9.59 Å². The van der Waals surface area contributed by atoms with Gasteiger partial charge in [-0.05, 0) is 42.7 Å². The van der Waals surface area contributed by atoms with Crippen molar-refractivity contribution in [1.29, 1.82) is 0 Å². The van der Waals surface area contributed by atoms with Crippen molar-refractivity contribution in [2.24, 2.45) is 0 Å². The van der Waals surface area contributed by atoms with Gasteiger partial charge in [-0.2, -0.15) is 0 Å².